The average Bonchev–Trinajstić information content (AvgIpc) is 3.54. The molecule has 0 aliphatic carbocycles. The first kappa shape index (κ1) is 22.6. The number of aromatic hydroxyl groups is 1. The highest BCUT2D eigenvalue weighted by Gasteiger charge is 2.60. The number of carbonyl (C=O) groups is 2. The number of rotatable bonds is 5. The van der Waals surface area contributed by atoms with Crippen molar-refractivity contribution in [3.63, 3.8) is 0 Å². The molecule has 3 aliphatic heterocycles. The number of phenols is 1. The monoisotopic (exact) mass is 490 g/mol. The number of hydrogen-bond acceptors (Lipinski definition) is 5. The molecule has 2 atom stereocenters. The van der Waals surface area contributed by atoms with E-state index in [0.717, 1.165) is 13.1 Å². The van der Waals surface area contributed by atoms with Crippen molar-refractivity contribution in [3.05, 3.63) is 71.2 Å². The van der Waals surface area contributed by atoms with Crippen LogP contribution in [0.25, 0.3) is 10.9 Å². The van der Waals surface area contributed by atoms with Crippen molar-refractivity contribution >= 4 is 22.8 Å². The van der Waals surface area contributed by atoms with Gasteiger partial charge in [-0.3, -0.25) is 19.5 Å². The highest BCUT2D eigenvalue weighted by atomic mass is 19.1. The van der Waals surface area contributed by atoms with E-state index in [2.05, 4.69) is 22.0 Å². The second-order valence-electron chi connectivity index (χ2n) is 9.81. The predicted molar refractivity (Wildman–Crippen MR) is 131 cm³/mol. The number of phenolic OH excluding ortho intramolecular Hbond substituents is 1. The van der Waals surface area contributed by atoms with E-state index in [-0.39, 0.29) is 36.4 Å². The molecule has 2 N–H and O–H groups in total. The number of hydrogen-bond donors (Lipinski definition) is 2. The maximum Gasteiger partial charge on any atom is 0.328 e. The van der Waals surface area contributed by atoms with Crippen LogP contribution in [0, 0.1) is 5.82 Å². The lowest BCUT2D eigenvalue weighted by Gasteiger charge is -2.42. The van der Waals surface area contributed by atoms with Crippen LogP contribution in [-0.4, -0.2) is 75.6 Å². The number of nitrogens with one attached hydrogen (secondary N) is 1. The third-order valence-corrected chi connectivity index (χ3v) is 7.67. The summed E-state index contributed by atoms with van der Waals surface area (Å²) in [6.07, 6.45) is 4.29. The van der Waals surface area contributed by atoms with Gasteiger partial charge in [0.25, 0.3) is 5.91 Å². The van der Waals surface area contributed by atoms with Crippen LogP contribution in [0.15, 0.2) is 48.6 Å². The number of aromatic nitrogens is 1. The number of carbonyl (C=O) groups excluding carboxylic acids is 2. The van der Waals surface area contributed by atoms with E-state index < -0.39 is 17.4 Å². The molecule has 1 fully saturated rings. The Hall–Kier alpha value is -3.85. The molecule has 0 bridgehead atoms. The maximum absolute atomic E-state index is 15.5. The van der Waals surface area contributed by atoms with Crippen LogP contribution in [0.2, 0.25) is 0 Å². The summed E-state index contributed by atoms with van der Waals surface area (Å²) in [5.74, 6) is -0.649. The van der Waals surface area contributed by atoms with Crippen molar-refractivity contribution in [2.45, 2.75) is 24.9 Å². The van der Waals surface area contributed by atoms with Crippen LogP contribution >= 0.6 is 0 Å². The Labute approximate surface area is 207 Å². The van der Waals surface area contributed by atoms with Gasteiger partial charge in [0.1, 0.15) is 17.3 Å². The molecule has 8 nitrogen and oxygen atoms in total. The van der Waals surface area contributed by atoms with Gasteiger partial charge in [-0.05, 0) is 42.3 Å². The number of H-pyrrole nitrogens is 1. The topological polar surface area (TPSA) is 89.1 Å². The number of imide groups is 1. The molecular weight excluding hydrogens is 463 g/mol. The molecule has 186 valence electrons. The average molecular weight is 491 g/mol. The predicted octanol–water partition coefficient (Wildman–Crippen LogP) is 3.56. The van der Waals surface area contributed by atoms with Crippen molar-refractivity contribution in [1.82, 2.24) is 19.7 Å². The smallest absolute Gasteiger partial charge is 0.328 e. The fourth-order valence-electron chi connectivity index (χ4n) is 5.89. The summed E-state index contributed by atoms with van der Waals surface area (Å²) < 4.78 is 20.7. The molecule has 3 amide bonds. The second-order valence-corrected chi connectivity index (χ2v) is 9.81. The minimum atomic E-state index is -1.21. The number of halogens is 1. The third-order valence-electron chi connectivity index (χ3n) is 7.67. The van der Waals surface area contributed by atoms with Gasteiger partial charge < -0.3 is 14.8 Å². The first-order chi connectivity index (χ1) is 17.3. The summed E-state index contributed by atoms with van der Waals surface area (Å²) in [6, 6.07) is 8.83. The normalized spacial score (nSPS) is 23.6. The van der Waals surface area contributed by atoms with Crippen LogP contribution < -0.4 is 4.74 Å². The van der Waals surface area contributed by atoms with Crippen LogP contribution in [0.1, 0.15) is 29.8 Å². The van der Waals surface area contributed by atoms with E-state index in [1.807, 2.05) is 0 Å². The minimum Gasteiger partial charge on any atom is -0.508 e. The summed E-state index contributed by atoms with van der Waals surface area (Å²) in [6.45, 7) is 4.18. The van der Waals surface area contributed by atoms with Gasteiger partial charge in [-0.2, -0.15) is 0 Å². The Morgan fingerprint density at radius 2 is 1.94 bits per heavy atom. The van der Waals surface area contributed by atoms with Gasteiger partial charge in [0.05, 0.1) is 7.11 Å². The van der Waals surface area contributed by atoms with Gasteiger partial charge in [-0.15, -0.1) is 0 Å². The molecule has 0 unspecified atom stereocenters. The molecule has 4 heterocycles. The number of urea groups is 1. The zero-order valence-corrected chi connectivity index (χ0v) is 20.1. The molecular formula is C27H27FN4O4. The van der Waals surface area contributed by atoms with Gasteiger partial charge in [0.15, 0.2) is 11.6 Å². The second kappa shape index (κ2) is 8.09. The lowest BCUT2D eigenvalue weighted by Crippen LogP contribution is -2.53. The summed E-state index contributed by atoms with van der Waals surface area (Å²) >= 11 is 0. The molecule has 3 aliphatic rings. The fourth-order valence-corrected chi connectivity index (χ4v) is 5.89. The lowest BCUT2D eigenvalue weighted by molar-refractivity contribution is -0.133. The van der Waals surface area contributed by atoms with Crippen LogP contribution in [0.3, 0.4) is 0 Å². The van der Waals surface area contributed by atoms with E-state index >= 15 is 4.39 Å². The number of amides is 3. The highest BCUT2D eigenvalue weighted by molar-refractivity contribution is 6.08. The molecule has 1 aromatic heterocycles. The van der Waals surface area contributed by atoms with Crippen LogP contribution in [0.4, 0.5) is 9.18 Å². The molecule has 6 rings (SSSR count). The Kier molecular flexibility index (Phi) is 5.08. The molecule has 9 heteroatoms. The third kappa shape index (κ3) is 3.15. The zero-order valence-electron chi connectivity index (χ0n) is 20.1. The highest BCUT2D eigenvalue weighted by Crippen LogP contribution is 2.49. The van der Waals surface area contributed by atoms with Gasteiger partial charge in [-0.25, -0.2) is 9.18 Å². The molecule has 0 spiro atoms. The lowest BCUT2D eigenvalue weighted by atomic mass is 9.81. The van der Waals surface area contributed by atoms with E-state index in [4.69, 9.17) is 4.74 Å². The Morgan fingerprint density at radius 3 is 2.67 bits per heavy atom. The number of ether oxygens (including phenoxy) is 1. The Balaban J connectivity index is 1.50. The maximum atomic E-state index is 15.5. The first-order valence-corrected chi connectivity index (χ1v) is 12.0. The van der Waals surface area contributed by atoms with E-state index in [1.165, 1.54) is 12.0 Å². The van der Waals surface area contributed by atoms with E-state index in [1.54, 1.807) is 48.2 Å². The summed E-state index contributed by atoms with van der Waals surface area (Å²) in [5.41, 5.74) is 1.25. The van der Waals surface area contributed by atoms with Crippen LogP contribution in [-0.2, 0) is 11.2 Å². The minimum absolute atomic E-state index is 0.0432. The van der Waals surface area contributed by atoms with E-state index in [9.17, 15) is 14.7 Å². The largest absolute Gasteiger partial charge is 0.508 e. The van der Waals surface area contributed by atoms with Gasteiger partial charge in [0, 0.05) is 49.2 Å². The summed E-state index contributed by atoms with van der Waals surface area (Å²) in [7, 11) is 1.41. The molecule has 3 aromatic rings. The van der Waals surface area contributed by atoms with Gasteiger partial charge >= 0.3 is 6.03 Å². The standard InChI is InChI=1S/C27H27FN4O4/c1-27-15-18-21-19(8-9-20(36-2)22(21)28)29-23(18)24(16-6-5-7-17(33)14-16)32(27)26(35)31(25(27)34)13-12-30-10-3-4-11-30/h3-9,14,24,29,33H,10-13,15H2,1-2H3/t24-,27+/m1/s1. The van der Waals surface area contributed by atoms with Crippen molar-refractivity contribution in [2.24, 2.45) is 0 Å². The van der Waals surface area contributed by atoms with Crippen molar-refractivity contribution in [3.8, 4) is 11.5 Å². The van der Waals surface area contributed by atoms with Crippen molar-refractivity contribution in [2.75, 3.05) is 33.3 Å². The summed E-state index contributed by atoms with van der Waals surface area (Å²) in [4.78, 5) is 36.1. The van der Waals surface area contributed by atoms with Crippen molar-refractivity contribution < 1.29 is 23.8 Å². The Morgan fingerprint density at radius 1 is 1.17 bits per heavy atom. The zero-order chi connectivity index (χ0) is 25.2. The van der Waals surface area contributed by atoms with Gasteiger partial charge in [0.2, 0.25) is 0 Å². The molecule has 1 saturated heterocycles. The molecule has 0 radical (unpaired) electrons. The number of nitrogens with zero attached hydrogens (tertiary/aromatic N) is 3. The number of benzene rings is 2. The fraction of sp³-hybridized carbons (Fsp3) is 0.333. The quantitative estimate of drug-likeness (QED) is 0.422. The first-order valence-electron chi connectivity index (χ1n) is 12.0. The molecule has 2 aromatic carbocycles. The number of aromatic amines is 1. The molecule has 0 saturated carbocycles. The molecule has 36 heavy (non-hydrogen) atoms. The number of fused-ring (bicyclic) bond motifs is 4. The number of methoxy groups -OCH3 is 1. The van der Waals surface area contributed by atoms with E-state index in [0.29, 0.717) is 34.3 Å². The van der Waals surface area contributed by atoms with Crippen molar-refractivity contribution in [1.29, 1.82) is 0 Å². The SMILES string of the molecule is COc1ccc2[nH]c3c(c2c1F)C[C@@]1(C)C(=O)N(CCN2CC=CC2)C(=O)N1[C@@H]3c1cccc(O)c1. The Bertz CT molecular complexity index is 1420. The van der Waals surface area contributed by atoms with Gasteiger partial charge in [-0.1, -0.05) is 24.3 Å². The summed E-state index contributed by atoms with van der Waals surface area (Å²) in [5, 5.41) is 10.6. The van der Waals surface area contributed by atoms with Crippen LogP contribution in [0.5, 0.6) is 11.5 Å².